The van der Waals surface area contributed by atoms with E-state index in [9.17, 15) is 9.59 Å². The Morgan fingerprint density at radius 1 is 1.40 bits per heavy atom. The number of benzene rings is 1. The number of ether oxygens (including phenoxy) is 2. The molecule has 0 radical (unpaired) electrons. The van der Waals surface area contributed by atoms with Crippen LogP contribution in [0.5, 0.6) is 11.5 Å². The standard InChI is InChI=1S/C16H17N3O5S/c1-9(2-3-10-4-5-11-12(6-10)24-8-23-11)18-19-16-17-14(20)7-13(25-16)15(21)22/h4-6,13H,2-3,7-8H2,1H3,(H,21,22)(H,17,19,20)/b18-9-. The zero-order chi connectivity index (χ0) is 17.8. The molecular weight excluding hydrogens is 346 g/mol. The molecule has 0 spiro atoms. The summed E-state index contributed by atoms with van der Waals surface area (Å²) in [7, 11) is 0. The van der Waals surface area contributed by atoms with Crippen molar-refractivity contribution in [3.63, 3.8) is 0 Å². The molecule has 2 aliphatic heterocycles. The lowest BCUT2D eigenvalue weighted by Gasteiger charge is -2.18. The van der Waals surface area contributed by atoms with Crippen LogP contribution in [0.3, 0.4) is 0 Å². The number of nitrogens with zero attached hydrogens (tertiary/aromatic N) is 2. The minimum Gasteiger partial charge on any atom is -0.480 e. The summed E-state index contributed by atoms with van der Waals surface area (Å²) in [5.74, 6) is 0.0983. The summed E-state index contributed by atoms with van der Waals surface area (Å²) in [6.07, 6.45) is 1.37. The van der Waals surface area contributed by atoms with Gasteiger partial charge in [0, 0.05) is 12.1 Å². The van der Waals surface area contributed by atoms with Gasteiger partial charge < -0.3 is 19.9 Å². The molecule has 2 aliphatic rings. The summed E-state index contributed by atoms with van der Waals surface area (Å²) in [6.45, 7) is 2.08. The molecule has 1 amide bonds. The molecule has 1 fully saturated rings. The maximum absolute atomic E-state index is 11.5. The molecule has 1 aromatic rings. The second kappa shape index (κ2) is 7.56. The van der Waals surface area contributed by atoms with Crippen LogP contribution in [0.2, 0.25) is 0 Å². The first-order chi connectivity index (χ1) is 12.0. The van der Waals surface area contributed by atoms with Crippen LogP contribution in [0.25, 0.3) is 0 Å². The molecule has 0 bridgehead atoms. The number of rotatable bonds is 5. The number of hydrogen-bond donors (Lipinski definition) is 2. The second-order valence-corrected chi connectivity index (χ2v) is 6.82. The first-order valence-electron chi connectivity index (χ1n) is 7.70. The van der Waals surface area contributed by atoms with Crippen molar-refractivity contribution in [1.29, 1.82) is 0 Å². The maximum atomic E-state index is 11.5. The third-order valence-electron chi connectivity index (χ3n) is 3.67. The monoisotopic (exact) mass is 363 g/mol. The molecule has 1 atom stereocenters. The van der Waals surface area contributed by atoms with Crippen LogP contribution in [-0.2, 0) is 16.0 Å². The Labute approximate surface area is 148 Å². The van der Waals surface area contributed by atoms with E-state index in [0.717, 1.165) is 41.0 Å². The van der Waals surface area contributed by atoms with Crippen molar-refractivity contribution in [2.45, 2.75) is 31.4 Å². The molecule has 3 rings (SSSR count). The third kappa shape index (κ3) is 4.50. The minimum absolute atomic E-state index is 0.0637. The number of carbonyl (C=O) groups excluding carboxylic acids is 1. The molecule has 9 heteroatoms. The van der Waals surface area contributed by atoms with Crippen molar-refractivity contribution >= 4 is 34.5 Å². The van der Waals surface area contributed by atoms with E-state index in [-0.39, 0.29) is 24.3 Å². The van der Waals surface area contributed by atoms with Crippen LogP contribution in [0.4, 0.5) is 0 Å². The Hall–Kier alpha value is -2.55. The van der Waals surface area contributed by atoms with Gasteiger partial charge in [0.1, 0.15) is 5.25 Å². The molecule has 0 saturated carbocycles. The van der Waals surface area contributed by atoms with Crippen LogP contribution in [0.1, 0.15) is 25.3 Å². The van der Waals surface area contributed by atoms with Gasteiger partial charge in [-0.3, -0.25) is 9.59 Å². The largest absolute Gasteiger partial charge is 0.480 e. The molecule has 1 saturated heterocycles. The predicted molar refractivity (Wildman–Crippen MR) is 93.2 cm³/mol. The van der Waals surface area contributed by atoms with E-state index in [2.05, 4.69) is 15.5 Å². The van der Waals surface area contributed by atoms with Crippen molar-refractivity contribution in [1.82, 2.24) is 5.32 Å². The first kappa shape index (κ1) is 17.3. The van der Waals surface area contributed by atoms with Gasteiger partial charge in [0.2, 0.25) is 12.7 Å². The number of carbonyl (C=O) groups is 2. The lowest BCUT2D eigenvalue weighted by Crippen LogP contribution is -2.40. The number of amides is 1. The Morgan fingerprint density at radius 3 is 3.00 bits per heavy atom. The fraction of sp³-hybridized carbons (Fsp3) is 0.375. The van der Waals surface area contributed by atoms with Crippen molar-refractivity contribution in [3.8, 4) is 11.5 Å². The van der Waals surface area contributed by atoms with Crippen molar-refractivity contribution in [2.75, 3.05) is 6.79 Å². The van der Waals surface area contributed by atoms with Gasteiger partial charge in [-0.2, -0.15) is 5.10 Å². The van der Waals surface area contributed by atoms with E-state index in [0.29, 0.717) is 6.42 Å². The van der Waals surface area contributed by atoms with Gasteiger partial charge in [-0.15, -0.1) is 5.10 Å². The lowest BCUT2D eigenvalue weighted by atomic mass is 10.1. The Morgan fingerprint density at radius 2 is 2.20 bits per heavy atom. The molecule has 2 heterocycles. The molecule has 2 N–H and O–H groups in total. The molecule has 8 nitrogen and oxygen atoms in total. The highest BCUT2D eigenvalue weighted by Gasteiger charge is 2.29. The van der Waals surface area contributed by atoms with Crippen molar-refractivity contribution in [3.05, 3.63) is 23.8 Å². The van der Waals surface area contributed by atoms with Gasteiger partial charge in [0.15, 0.2) is 16.7 Å². The number of amidine groups is 1. The topological polar surface area (TPSA) is 110 Å². The van der Waals surface area contributed by atoms with E-state index in [1.54, 1.807) is 0 Å². The molecule has 1 aromatic carbocycles. The zero-order valence-electron chi connectivity index (χ0n) is 13.5. The van der Waals surface area contributed by atoms with Gasteiger partial charge in [-0.1, -0.05) is 17.8 Å². The average Bonchev–Trinajstić information content (AvgIpc) is 3.05. The first-order valence-corrected chi connectivity index (χ1v) is 8.58. The van der Waals surface area contributed by atoms with Crippen LogP contribution in [0, 0.1) is 0 Å². The number of carboxylic acid groups (broad SMARTS) is 1. The van der Waals surface area contributed by atoms with Crippen LogP contribution in [0.15, 0.2) is 28.4 Å². The summed E-state index contributed by atoms with van der Waals surface area (Å²) in [6, 6.07) is 5.79. The number of carboxylic acids is 1. The van der Waals surface area contributed by atoms with Gasteiger partial charge in [0.05, 0.1) is 0 Å². The molecule has 1 unspecified atom stereocenters. The van der Waals surface area contributed by atoms with E-state index in [4.69, 9.17) is 14.6 Å². The Kier molecular flexibility index (Phi) is 5.22. The fourth-order valence-corrected chi connectivity index (χ4v) is 3.20. The van der Waals surface area contributed by atoms with Gasteiger partial charge in [0.25, 0.3) is 0 Å². The fourth-order valence-electron chi connectivity index (χ4n) is 2.33. The van der Waals surface area contributed by atoms with Crippen LogP contribution < -0.4 is 14.8 Å². The van der Waals surface area contributed by atoms with Crippen molar-refractivity contribution < 1.29 is 24.2 Å². The summed E-state index contributed by atoms with van der Waals surface area (Å²) < 4.78 is 10.6. The normalized spacial score (nSPS) is 21.3. The highest BCUT2D eigenvalue weighted by Crippen LogP contribution is 2.32. The number of nitrogens with one attached hydrogen (secondary N) is 1. The summed E-state index contributed by atoms with van der Waals surface area (Å²) in [4.78, 5) is 22.5. The highest BCUT2D eigenvalue weighted by atomic mass is 32.2. The second-order valence-electron chi connectivity index (χ2n) is 5.63. The quantitative estimate of drug-likeness (QED) is 0.610. The lowest BCUT2D eigenvalue weighted by molar-refractivity contribution is -0.138. The van der Waals surface area contributed by atoms with Crippen molar-refractivity contribution in [2.24, 2.45) is 10.2 Å². The molecule has 25 heavy (non-hydrogen) atoms. The van der Waals surface area contributed by atoms with Gasteiger partial charge in [-0.05, 0) is 37.5 Å². The van der Waals surface area contributed by atoms with E-state index in [1.807, 2.05) is 25.1 Å². The molecular formula is C16H17N3O5S. The minimum atomic E-state index is -1.03. The Bertz CT molecular complexity index is 762. The van der Waals surface area contributed by atoms with Gasteiger partial charge >= 0.3 is 5.97 Å². The average molecular weight is 363 g/mol. The summed E-state index contributed by atoms with van der Waals surface area (Å²) in [5.41, 5.74) is 1.87. The zero-order valence-corrected chi connectivity index (χ0v) is 14.3. The third-order valence-corrected chi connectivity index (χ3v) is 4.73. The molecule has 0 aliphatic carbocycles. The number of aryl methyl sites for hydroxylation is 1. The molecule has 132 valence electrons. The number of fused-ring (bicyclic) bond motifs is 1. The number of aliphatic carboxylic acids is 1. The smallest absolute Gasteiger partial charge is 0.317 e. The Balaban J connectivity index is 1.58. The van der Waals surface area contributed by atoms with Crippen LogP contribution in [-0.4, -0.2) is 39.9 Å². The number of thioether (sulfide) groups is 1. The summed E-state index contributed by atoms with van der Waals surface area (Å²) in [5, 5.41) is 19.0. The maximum Gasteiger partial charge on any atom is 0.317 e. The predicted octanol–water partition coefficient (Wildman–Crippen LogP) is 1.79. The number of hydrogen-bond acceptors (Lipinski definition) is 7. The van der Waals surface area contributed by atoms with Gasteiger partial charge in [-0.25, -0.2) is 0 Å². The molecule has 0 aromatic heterocycles. The highest BCUT2D eigenvalue weighted by molar-refractivity contribution is 8.15. The SMILES string of the molecule is C/C(CCc1ccc2c(c1)OCO2)=N/N=C1\NC(=O)CC(C(=O)O)S1. The van der Waals surface area contributed by atoms with E-state index in [1.165, 1.54) is 0 Å². The van der Waals surface area contributed by atoms with E-state index < -0.39 is 11.2 Å². The van der Waals surface area contributed by atoms with E-state index >= 15 is 0 Å². The van der Waals surface area contributed by atoms with Crippen LogP contribution >= 0.6 is 11.8 Å². The summed E-state index contributed by atoms with van der Waals surface area (Å²) >= 11 is 0.994.